The summed E-state index contributed by atoms with van der Waals surface area (Å²) in [5.74, 6) is -0.269. The van der Waals surface area contributed by atoms with Gasteiger partial charge in [0.15, 0.2) is 0 Å². The molecule has 0 aromatic carbocycles. The van der Waals surface area contributed by atoms with Gasteiger partial charge >= 0.3 is 7.82 Å². The first kappa shape index (κ1) is 63.2. The Morgan fingerprint density at radius 1 is 0.554 bits per heavy atom. The van der Waals surface area contributed by atoms with Crippen LogP contribution in [0.4, 0.5) is 0 Å². The maximum atomic E-state index is 13.0. The molecule has 9 nitrogen and oxygen atoms in total. The Morgan fingerprint density at radius 3 is 1.42 bits per heavy atom. The minimum atomic E-state index is -4.43. The molecule has 1 amide bonds. The SMILES string of the molecule is CC/C=C\C/C=C\C/C=C\C/C=C\CCCCCCCCCCCCCCCCCCC(=O)NC(COP(=O)(O)OCC[N+](C)(C)C)C(O)C(O)CCC/C=C/CCCCCCCCC. The molecule has 0 spiro atoms. The first-order valence-electron chi connectivity index (χ1n) is 26.7. The highest BCUT2D eigenvalue weighted by molar-refractivity contribution is 7.47. The number of quaternary nitrogens is 1. The molecular formula is C55H104N2O7P+. The highest BCUT2D eigenvalue weighted by Crippen LogP contribution is 2.43. The van der Waals surface area contributed by atoms with E-state index >= 15 is 0 Å². The van der Waals surface area contributed by atoms with Crippen LogP contribution in [-0.2, 0) is 18.4 Å². The second-order valence-corrected chi connectivity index (χ2v) is 20.8. The van der Waals surface area contributed by atoms with Crippen molar-refractivity contribution in [2.24, 2.45) is 0 Å². The zero-order valence-corrected chi connectivity index (χ0v) is 43.7. The summed E-state index contributed by atoms with van der Waals surface area (Å²) in [6.45, 7) is 4.47. The smallest absolute Gasteiger partial charge is 0.390 e. The van der Waals surface area contributed by atoms with E-state index in [1.807, 2.05) is 21.1 Å². The van der Waals surface area contributed by atoms with Crippen molar-refractivity contribution in [3.8, 4) is 0 Å². The maximum Gasteiger partial charge on any atom is 0.472 e. The van der Waals surface area contributed by atoms with Gasteiger partial charge in [0.05, 0.1) is 39.9 Å². The van der Waals surface area contributed by atoms with Gasteiger partial charge in [-0.25, -0.2) is 4.57 Å². The lowest BCUT2D eigenvalue weighted by atomic mass is 10.0. The van der Waals surface area contributed by atoms with E-state index in [1.165, 1.54) is 135 Å². The fraction of sp³-hybridized carbons (Fsp3) is 0.800. The number of likely N-dealkylation sites (N-methyl/N-ethyl adjacent to an activating group) is 1. The molecule has 10 heteroatoms. The monoisotopic (exact) mass is 936 g/mol. The Labute approximate surface area is 401 Å². The average molecular weight is 936 g/mol. The number of unbranched alkanes of at least 4 members (excludes halogenated alkanes) is 24. The van der Waals surface area contributed by atoms with E-state index in [0.29, 0.717) is 23.9 Å². The van der Waals surface area contributed by atoms with Crippen LogP contribution in [0.3, 0.4) is 0 Å². The second-order valence-electron chi connectivity index (χ2n) is 19.4. The van der Waals surface area contributed by atoms with Crippen LogP contribution in [0, 0.1) is 0 Å². The molecule has 0 rings (SSSR count). The first-order chi connectivity index (χ1) is 31.4. The Morgan fingerprint density at radius 2 is 0.954 bits per heavy atom. The van der Waals surface area contributed by atoms with Crippen molar-refractivity contribution in [2.75, 3.05) is 40.9 Å². The van der Waals surface area contributed by atoms with Gasteiger partial charge in [-0.3, -0.25) is 13.8 Å². The molecule has 0 aliphatic carbocycles. The van der Waals surface area contributed by atoms with Crippen LogP contribution in [-0.4, -0.2) is 84.6 Å². The molecule has 0 fully saturated rings. The minimum Gasteiger partial charge on any atom is -0.390 e. The third kappa shape index (κ3) is 47.0. The van der Waals surface area contributed by atoms with Crippen molar-refractivity contribution in [3.63, 3.8) is 0 Å². The number of carbonyl (C=O) groups excluding carboxylic acids is 1. The van der Waals surface area contributed by atoms with Crippen LogP contribution in [0.2, 0.25) is 0 Å². The largest absolute Gasteiger partial charge is 0.472 e. The predicted molar refractivity (Wildman–Crippen MR) is 278 cm³/mol. The van der Waals surface area contributed by atoms with Crippen LogP contribution in [0.5, 0.6) is 0 Å². The molecule has 0 aromatic rings. The fourth-order valence-corrected chi connectivity index (χ4v) is 8.34. The lowest BCUT2D eigenvalue weighted by Gasteiger charge is -2.28. The van der Waals surface area contributed by atoms with Crippen LogP contribution in [0.25, 0.3) is 0 Å². The molecule has 4 N–H and O–H groups in total. The molecule has 0 aromatic heterocycles. The number of hydrogen-bond acceptors (Lipinski definition) is 6. The number of phosphoric ester groups is 1. The summed E-state index contributed by atoms with van der Waals surface area (Å²) in [7, 11) is 1.42. The van der Waals surface area contributed by atoms with Gasteiger partial charge in [-0.05, 0) is 77.0 Å². The van der Waals surface area contributed by atoms with Crippen LogP contribution < -0.4 is 5.32 Å². The van der Waals surface area contributed by atoms with Gasteiger partial charge in [0.1, 0.15) is 19.3 Å². The molecule has 380 valence electrons. The summed E-state index contributed by atoms with van der Waals surface area (Å²) >= 11 is 0. The standard InChI is InChI=1S/C55H103N2O7P/c1-6-8-10-12-14-16-18-20-21-22-23-24-25-26-27-28-29-30-31-32-33-34-35-36-38-40-42-44-46-48-54(59)56-52(51-64-65(61,62)63-50-49-57(3,4)5)55(60)53(58)47-45-43-41-39-37-19-17-15-13-11-9-7-2/h8,10,14,16,20-21,23-24,39,41,52-53,55,58,60H,6-7,9,11-13,15,17-19,22,25-38,40,42-51H2,1-5H3,(H-,56,59,61,62)/p+1/b10-8-,16-14-,21-20-,24-23-,41-39+. The van der Waals surface area contributed by atoms with Gasteiger partial charge in [0, 0.05) is 6.42 Å². The van der Waals surface area contributed by atoms with E-state index < -0.39 is 32.7 Å². The number of aliphatic hydroxyl groups excluding tert-OH is 2. The number of allylic oxidation sites excluding steroid dienone is 10. The number of nitrogens with one attached hydrogen (secondary N) is 1. The number of nitrogens with zero attached hydrogens (tertiary/aromatic N) is 1. The van der Waals surface area contributed by atoms with Crippen molar-refractivity contribution < 1.29 is 38.0 Å². The first-order valence-corrected chi connectivity index (χ1v) is 28.2. The van der Waals surface area contributed by atoms with Crippen molar-refractivity contribution in [1.82, 2.24) is 5.32 Å². The molecule has 0 aliphatic rings. The van der Waals surface area contributed by atoms with Crippen LogP contribution in [0.1, 0.15) is 226 Å². The number of phosphoric acid groups is 1. The highest BCUT2D eigenvalue weighted by Gasteiger charge is 2.31. The molecule has 0 bridgehead atoms. The Hall–Kier alpha value is -1.84. The van der Waals surface area contributed by atoms with Gasteiger partial charge in [-0.1, -0.05) is 203 Å². The Bertz CT molecular complexity index is 1260. The molecule has 0 saturated carbocycles. The summed E-state index contributed by atoms with van der Waals surface area (Å²) in [6.07, 6.45) is 57.4. The normalized spacial score (nSPS) is 15.0. The van der Waals surface area contributed by atoms with Crippen LogP contribution >= 0.6 is 7.82 Å². The number of rotatable bonds is 48. The number of aliphatic hydroxyl groups is 2. The third-order valence-corrected chi connectivity index (χ3v) is 12.8. The van der Waals surface area contributed by atoms with E-state index in [9.17, 15) is 24.5 Å². The summed E-state index contributed by atoms with van der Waals surface area (Å²) in [5, 5.41) is 24.7. The summed E-state index contributed by atoms with van der Waals surface area (Å²) in [4.78, 5) is 23.3. The predicted octanol–water partition coefficient (Wildman–Crippen LogP) is 14.7. The Kier molecular flexibility index (Phi) is 44.6. The van der Waals surface area contributed by atoms with Gasteiger partial charge in [-0.2, -0.15) is 0 Å². The topological polar surface area (TPSA) is 125 Å². The average Bonchev–Trinajstić information content (AvgIpc) is 3.26. The lowest BCUT2D eigenvalue weighted by molar-refractivity contribution is -0.870. The van der Waals surface area contributed by atoms with E-state index in [1.54, 1.807) is 0 Å². The van der Waals surface area contributed by atoms with Crippen LogP contribution in [0.15, 0.2) is 60.8 Å². The zero-order chi connectivity index (χ0) is 48.0. The maximum absolute atomic E-state index is 13.0. The molecule has 4 atom stereocenters. The van der Waals surface area contributed by atoms with E-state index in [0.717, 1.165) is 57.8 Å². The summed E-state index contributed by atoms with van der Waals surface area (Å²) in [6, 6.07) is -1.05. The number of hydrogen-bond donors (Lipinski definition) is 4. The van der Waals surface area contributed by atoms with Crippen molar-refractivity contribution in [1.29, 1.82) is 0 Å². The molecule has 65 heavy (non-hydrogen) atoms. The molecule has 4 unspecified atom stereocenters. The van der Waals surface area contributed by atoms with E-state index in [2.05, 4.69) is 79.9 Å². The van der Waals surface area contributed by atoms with E-state index in [4.69, 9.17) is 9.05 Å². The zero-order valence-electron chi connectivity index (χ0n) is 42.8. The summed E-state index contributed by atoms with van der Waals surface area (Å²) < 4.78 is 23.6. The van der Waals surface area contributed by atoms with Crippen molar-refractivity contribution in [3.05, 3.63) is 60.8 Å². The van der Waals surface area contributed by atoms with Gasteiger partial charge in [-0.15, -0.1) is 0 Å². The van der Waals surface area contributed by atoms with E-state index in [-0.39, 0.29) is 18.9 Å². The van der Waals surface area contributed by atoms with Gasteiger partial charge in [0.25, 0.3) is 0 Å². The lowest BCUT2D eigenvalue weighted by Crippen LogP contribution is -2.51. The minimum absolute atomic E-state index is 0.0154. The summed E-state index contributed by atoms with van der Waals surface area (Å²) in [5.41, 5.74) is 0. The molecule has 0 saturated heterocycles. The second kappa shape index (κ2) is 45.9. The van der Waals surface area contributed by atoms with Gasteiger partial charge in [0.2, 0.25) is 5.91 Å². The quantitative estimate of drug-likeness (QED) is 0.0207. The number of carbonyl (C=O) groups is 1. The number of amides is 1. The third-order valence-electron chi connectivity index (χ3n) is 11.8. The molecule has 0 heterocycles. The van der Waals surface area contributed by atoms with Crippen molar-refractivity contribution >= 4 is 13.7 Å². The van der Waals surface area contributed by atoms with Gasteiger partial charge < -0.3 is 24.9 Å². The Balaban J connectivity index is 4.20. The fourth-order valence-electron chi connectivity index (χ4n) is 7.61. The molecule has 0 aliphatic heterocycles. The molecular weight excluding hydrogens is 832 g/mol. The van der Waals surface area contributed by atoms with Crippen molar-refractivity contribution in [2.45, 2.75) is 244 Å². The molecule has 0 radical (unpaired) electrons. The highest BCUT2D eigenvalue weighted by atomic mass is 31.2.